The van der Waals surface area contributed by atoms with E-state index in [2.05, 4.69) is 43.3 Å². The van der Waals surface area contributed by atoms with Crippen LogP contribution < -0.4 is 15.8 Å². The predicted octanol–water partition coefficient (Wildman–Crippen LogP) is 4.06. The topological polar surface area (TPSA) is 73.1 Å². The van der Waals surface area contributed by atoms with Crippen molar-refractivity contribution >= 4 is 27.5 Å². The molecule has 1 aromatic heterocycles. The Morgan fingerprint density at radius 2 is 1.96 bits per heavy atom. The minimum Gasteiger partial charge on any atom is -0.495 e. The van der Waals surface area contributed by atoms with Crippen LogP contribution in [0.4, 0.5) is 0 Å². The summed E-state index contributed by atoms with van der Waals surface area (Å²) in [4.78, 5) is 9.12. The third kappa shape index (κ3) is 2.84. The van der Waals surface area contributed by atoms with E-state index in [1.165, 1.54) is 0 Å². The van der Waals surface area contributed by atoms with Crippen molar-refractivity contribution in [2.45, 2.75) is 18.6 Å². The molecule has 0 aliphatic carbocycles. The van der Waals surface area contributed by atoms with Crippen LogP contribution in [0, 0.1) is 6.92 Å². The highest BCUT2D eigenvalue weighted by atomic mass is 79.9. The van der Waals surface area contributed by atoms with Crippen LogP contribution in [-0.2, 0) is 5.54 Å². The van der Waals surface area contributed by atoms with Gasteiger partial charge in [-0.2, -0.15) is 0 Å². The van der Waals surface area contributed by atoms with Crippen molar-refractivity contribution < 1.29 is 4.74 Å². The van der Waals surface area contributed by atoms with E-state index in [4.69, 9.17) is 22.1 Å². The second kappa shape index (κ2) is 6.87. The molecule has 2 atom stereocenters. The number of methoxy groups -OCH3 is 1. The predicted molar refractivity (Wildman–Crippen MR) is 109 cm³/mol. The second-order valence-corrected chi connectivity index (χ2v) is 7.80. The van der Waals surface area contributed by atoms with Gasteiger partial charge in [0.15, 0.2) is 0 Å². The summed E-state index contributed by atoms with van der Waals surface area (Å²) >= 11 is 10.1. The van der Waals surface area contributed by atoms with Crippen LogP contribution in [0.2, 0.25) is 5.02 Å². The minimum absolute atomic E-state index is 0.450. The lowest BCUT2D eigenvalue weighted by Crippen LogP contribution is -2.43. The molecule has 1 aliphatic heterocycles. The van der Waals surface area contributed by atoms with Crippen molar-refractivity contribution in [1.29, 1.82) is 0 Å². The first-order valence-electron chi connectivity index (χ1n) is 8.42. The molecule has 2 aromatic carbocycles. The molecule has 3 N–H and O–H groups in total. The van der Waals surface area contributed by atoms with Gasteiger partial charge in [0, 0.05) is 16.9 Å². The fourth-order valence-corrected chi connectivity index (χ4v) is 4.51. The normalized spacial score (nSPS) is 21.1. The molecule has 1 aliphatic rings. The monoisotopic (exact) mass is 444 g/mol. The first-order valence-corrected chi connectivity index (χ1v) is 9.59. The first kappa shape index (κ1) is 18.4. The van der Waals surface area contributed by atoms with Gasteiger partial charge in [0.1, 0.15) is 17.5 Å². The zero-order valence-electron chi connectivity index (χ0n) is 14.8. The van der Waals surface area contributed by atoms with Crippen LogP contribution in [0.25, 0.3) is 0 Å². The van der Waals surface area contributed by atoms with Gasteiger partial charge in [-0.25, -0.2) is 0 Å². The quantitative estimate of drug-likeness (QED) is 0.636. The molecule has 0 bridgehead atoms. The Bertz CT molecular complexity index is 1010. The van der Waals surface area contributed by atoms with Crippen molar-refractivity contribution in [1.82, 2.24) is 15.3 Å². The summed E-state index contributed by atoms with van der Waals surface area (Å²) < 4.78 is 6.39. The van der Waals surface area contributed by atoms with Crippen molar-refractivity contribution in [3.05, 3.63) is 86.4 Å². The lowest BCUT2D eigenvalue weighted by atomic mass is 9.80. The van der Waals surface area contributed by atoms with E-state index in [0.29, 0.717) is 10.8 Å². The minimum atomic E-state index is -0.770. The number of ether oxygens (including phenoxy) is 1. The highest BCUT2D eigenvalue weighted by Crippen LogP contribution is 2.46. The van der Waals surface area contributed by atoms with Crippen LogP contribution in [0.5, 0.6) is 5.75 Å². The molecule has 0 saturated heterocycles. The number of rotatable bonds is 3. The Kier molecular flexibility index (Phi) is 4.68. The Morgan fingerprint density at radius 3 is 2.67 bits per heavy atom. The smallest absolute Gasteiger partial charge is 0.140 e. The number of benzene rings is 2. The van der Waals surface area contributed by atoms with Gasteiger partial charge in [0.2, 0.25) is 0 Å². The summed E-state index contributed by atoms with van der Waals surface area (Å²) in [5.41, 5.74) is 9.97. The Hall–Kier alpha value is -1.99. The van der Waals surface area contributed by atoms with E-state index in [1.807, 2.05) is 31.2 Å². The van der Waals surface area contributed by atoms with E-state index >= 15 is 0 Å². The molecule has 0 amide bonds. The number of hydrogen-bond donors (Lipinski definition) is 2. The maximum atomic E-state index is 6.53. The van der Waals surface area contributed by atoms with Gasteiger partial charge in [-0.05, 0) is 47.9 Å². The van der Waals surface area contributed by atoms with Gasteiger partial charge in [-0.15, -0.1) is 0 Å². The van der Waals surface area contributed by atoms with Crippen LogP contribution >= 0.6 is 27.5 Å². The number of nitrogens with zero attached hydrogens (tertiary/aromatic N) is 2. The Balaban J connectivity index is 2.06. The molecule has 0 fully saturated rings. The summed E-state index contributed by atoms with van der Waals surface area (Å²) in [6.07, 6.45) is 2.89. The highest BCUT2D eigenvalue weighted by Gasteiger charge is 2.47. The second-order valence-electron chi connectivity index (χ2n) is 6.48. The van der Waals surface area contributed by atoms with E-state index in [9.17, 15) is 0 Å². The van der Waals surface area contributed by atoms with Gasteiger partial charge in [0.25, 0.3) is 0 Å². The summed E-state index contributed by atoms with van der Waals surface area (Å²) in [6, 6.07) is 12.0. The molecule has 138 valence electrons. The lowest BCUT2D eigenvalue weighted by molar-refractivity contribution is 0.410. The van der Waals surface area contributed by atoms with Crippen LogP contribution in [0.3, 0.4) is 0 Å². The number of aryl methyl sites for hydroxylation is 1. The summed E-state index contributed by atoms with van der Waals surface area (Å²) in [6.45, 7) is 1.97. The third-order valence-electron chi connectivity index (χ3n) is 4.87. The van der Waals surface area contributed by atoms with E-state index in [0.717, 1.165) is 32.6 Å². The van der Waals surface area contributed by atoms with Crippen molar-refractivity contribution in [2.24, 2.45) is 5.73 Å². The van der Waals surface area contributed by atoms with Crippen LogP contribution in [0.1, 0.15) is 34.2 Å². The van der Waals surface area contributed by atoms with Gasteiger partial charge in [-0.1, -0.05) is 39.7 Å². The fraction of sp³-hybridized carbons (Fsp3) is 0.200. The average Bonchev–Trinajstić information content (AvgIpc) is 2.96. The standard InChI is InChI=1S/C20H18BrClN4O/c1-11-8-13(10-15(22)17(11)27-2)20(12-4-3-5-14(21)9-12)18-16(19(23)26-20)24-6-7-25-18/h3-10,19,26H,23H2,1-2H3. The van der Waals surface area contributed by atoms with Crippen molar-refractivity contribution in [3.8, 4) is 5.75 Å². The number of fused-ring (bicyclic) bond motifs is 1. The largest absolute Gasteiger partial charge is 0.495 e. The van der Waals surface area contributed by atoms with Gasteiger partial charge in [0.05, 0.1) is 23.5 Å². The summed E-state index contributed by atoms with van der Waals surface area (Å²) in [7, 11) is 1.61. The van der Waals surface area contributed by atoms with E-state index in [-0.39, 0.29) is 0 Å². The Morgan fingerprint density at radius 1 is 1.19 bits per heavy atom. The van der Waals surface area contributed by atoms with E-state index in [1.54, 1.807) is 19.5 Å². The van der Waals surface area contributed by atoms with Crippen LogP contribution in [0.15, 0.2) is 53.3 Å². The van der Waals surface area contributed by atoms with Gasteiger partial charge < -0.3 is 10.5 Å². The lowest BCUT2D eigenvalue weighted by Gasteiger charge is -2.32. The SMILES string of the molecule is COc1c(C)cc(C2(c3cccc(Br)c3)NC(N)c3nccnc32)cc1Cl. The molecule has 0 spiro atoms. The number of hydrogen-bond acceptors (Lipinski definition) is 5. The molecular formula is C20H18BrClN4O. The fourth-order valence-electron chi connectivity index (χ4n) is 3.77. The van der Waals surface area contributed by atoms with Gasteiger partial charge in [-0.3, -0.25) is 15.3 Å². The van der Waals surface area contributed by atoms with Gasteiger partial charge >= 0.3 is 0 Å². The Labute approximate surface area is 171 Å². The zero-order chi connectivity index (χ0) is 19.2. The molecule has 27 heavy (non-hydrogen) atoms. The molecule has 3 aromatic rings. The van der Waals surface area contributed by atoms with Crippen molar-refractivity contribution in [3.63, 3.8) is 0 Å². The third-order valence-corrected chi connectivity index (χ3v) is 5.65. The average molecular weight is 446 g/mol. The van der Waals surface area contributed by atoms with E-state index < -0.39 is 11.7 Å². The molecule has 2 unspecified atom stereocenters. The maximum Gasteiger partial charge on any atom is 0.140 e. The number of nitrogens with two attached hydrogens (primary N) is 1. The number of aromatic nitrogens is 2. The zero-order valence-corrected chi connectivity index (χ0v) is 17.2. The maximum absolute atomic E-state index is 6.53. The summed E-state index contributed by atoms with van der Waals surface area (Å²) in [5, 5.41) is 4.05. The molecule has 7 heteroatoms. The molecule has 0 saturated carbocycles. The van der Waals surface area contributed by atoms with Crippen LogP contribution in [-0.4, -0.2) is 17.1 Å². The molecule has 5 nitrogen and oxygen atoms in total. The molecular weight excluding hydrogens is 428 g/mol. The molecule has 0 radical (unpaired) electrons. The first-order chi connectivity index (χ1) is 13.0. The molecule has 4 rings (SSSR count). The molecule has 2 heterocycles. The number of halogens is 2. The summed E-state index contributed by atoms with van der Waals surface area (Å²) in [5.74, 6) is 0.659. The van der Waals surface area contributed by atoms with Crippen molar-refractivity contribution in [2.75, 3.05) is 7.11 Å². The number of nitrogens with one attached hydrogen (secondary N) is 1. The highest BCUT2D eigenvalue weighted by molar-refractivity contribution is 9.10.